The van der Waals surface area contributed by atoms with E-state index in [9.17, 15) is 4.79 Å². The molecule has 1 heterocycles. The molecule has 2 unspecified atom stereocenters. The molecule has 2 aromatic carbocycles. The number of carbonyl (C=O) groups is 1. The average molecular weight is 255 g/mol. The summed E-state index contributed by atoms with van der Waals surface area (Å²) in [6.07, 6.45) is -1.53. The van der Waals surface area contributed by atoms with Crippen LogP contribution in [0.2, 0.25) is 0 Å². The van der Waals surface area contributed by atoms with Gasteiger partial charge < -0.3 is 9.47 Å². The number of benzene rings is 2. The summed E-state index contributed by atoms with van der Waals surface area (Å²) in [5, 5.41) is 0. The van der Waals surface area contributed by atoms with E-state index in [4.69, 9.17) is 10.8 Å². The molecular formula is C16H14O3. The molecule has 0 saturated heterocycles. The molecule has 3 heteroatoms. The third-order valence-corrected chi connectivity index (χ3v) is 3.15. The van der Waals surface area contributed by atoms with Crippen LogP contribution in [0.25, 0.3) is 0 Å². The van der Waals surface area contributed by atoms with Crippen LogP contribution in [0.4, 0.5) is 0 Å². The average Bonchev–Trinajstić information content (AvgIpc) is 2.51. The monoisotopic (exact) mass is 255 g/mol. The zero-order valence-corrected chi connectivity index (χ0v) is 10.5. The SMILES string of the molecule is [2H]C1C(=O)c2ccccc2OC1c1ccc(OC)cc1. The van der Waals surface area contributed by atoms with Gasteiger partial charge in [0.1, 0.15) is 17.6 Å². The Kier molecular flexibility index (Phi) is 2.66. The Balaban J connectivity index is 1.97. The van der Waals surface area contributed by atoms with Crippen LogP contribution < -0.4 is 9.47 Å². The Morgan fingerprint density at radius 3 is 2.68 bits per heavy atom. The van der Waals surface area contributed by atoms with Gasteiger partial charge in [0.05, 0.1) is 19.1 Å². The van der Waals surface area contributed by atoms with E-state index in [0.29, 0.717) is 11.3 Å². The molecule has 0 amide bonds. The molecule has 1 aliphatic rings. The second-order valence-electron chi connectivity index (χ2n) is 4.34. The van der Waals surface area contributed by atoms with E-state index in [1.54, 1.807) is 37.4 Å². The van der Waals surface area contributed by atoms with Gasteiger partial charge in [0, 0.05) is 1.37 Å². The van der Waals surface area contributed by atoms with Gasteiger partial charge in [-0.15, -0.1) is 0 Å². The first kappa shape index (κ1) is 10.6. The predicted octanol–water partition coefficient (Wildman–Crippen LogP) is 3.40. The molecule has 0 bridgehead atoms. The topological polar surface area (TPSA) is 35.5 Å². The van der Waals surface area contributed by atoms with Crippen LogP contribution in [0.5, 0.6) is 11.5 Å². The lowest BCUT2D eigenvalue weighted by molar-refractivity contribution is 0.0850. The number of methoxy groups -OCH3 is 1. The van der Waals surface area contributed by atoms with Crippen LogP contribution in [-0.4, -0.2) is 12.9 Å². The quantitative estimate of drug-likeness (QED) is 0.825. The van der Waals surface area contributed by atoms with Crippen molar-refractivity contribution >= 4 is 5.78 Å². The van der Waals surface area contributed by atoms with Crippen molar-refractivity contribution in [1.82, 2.24) is 0 Å². The van der Waals surface area contributed by atoms with E-state index >= 15 is 0 Å². The first-order chi connectivity index (χ1) is 9.70. The minimum absolute atomic E-state index is 0.201. The molecule has 3 nitrogen and oxygen atoms in total. The molecular weight excluding hydrogens is 240 g/mol. The lowest BCUT2D eigenvalue weighted by Crippen LogP contribution is -2.20. The summed E-state index contributed by atoms with van der Waals surface area (Å²) in [6.45, 7) is 0. The Hall–Kier alpha value is -2.29. The van der Waals surface area contributed by atoms with Gasteiger partial charge in [-0.1, -0.05) is 24.3 Å². The summed E-state index contributed by atoms with van der Waals surface area (Å²) in [7, 11) is 1.60. The Labute approximate surface area is 113 Å². The molecule has 0 N–H and O–H groups in total. The Bertz CT molecular complexity index is 636. The number of Topliss-reactive ketones (excluding diaryl/α,β-unsaturated/α-hetero) is 1. The molecule has 2 aromatic rings. The maximum atomic E-state index is 12.2. The number of ether oxygens (including phenoxy) is 2. The molecule has 0 fully saturated rings. The van der Waals surface area contributed by atoms with Gasteiger partial charge in [-0.25, -0.2) is 0 Å². The number of hydrogen-bond acceptors (Lipinski definition) is 3. The minimum atomic E-state index is -0.946. The molecule has 1 aliphatic heterocycles. The predicted molar refractivity (Wildman–Crippen MR) is 71.8 cm³/mol. The standard InChI is InChI=1S/C16H14O3/c1-18-12-8-6-11(7-9-12)16-10-14(17)13-4-2-3-5-15(13)19-16/h2-9,16H,10H2,1H3/i10D. The highest BCUT2D eigenvalue weighted by molar-refractivity contribution is 5.99. The number of ketones is 1. The number of fused-ring (bicyclic) bond motifs is 1. The Morgan fingerprint density at radius 2 is 1.95 bits per heavy atom. The summed E-state index contributed by atoms with van der Waals surface area (Å²) in [5.74, 6) is 1.08. The fraction of sp³-hybridized carbons (Fsp3) is 0.188. The van der Waals surface area contributed by atoms with Crippen molar-refractivity contribution in [3.05, 3.63) is 59.7 Å². The van der Waals surface area contributed by atoms with E-state index < -0.39 is 12.5 Å². The number of hydrogen-bond donors (Lipinski definition) is 0. The van der Waals surface area contributed by atoms with E-state index in [1.165, 1.54) is 0 Å². The molecule has 2 atom stereocenters. The third kappa shape index (κ3) is 2.19. The van der Waals surface area contributed by atoms with E-state index in [-0.39, 0.29) is 5.78 Å². The summed E-state index contributed by atoms with van der Waals surface area (Å²) >= 11 is 0. The zero-order valence-electron chi connectivity index (χ0n) is 11.5. The minimum Gasteiger partial charge on any atom is -0.497 e. The fourth-order valence-electron chi connectivity index (χ4n) is 2.13. The second-order valence-corrected chi connectivity index (χ2v) is 4.34. The third-order valence-electron chi connectivity index (χ3n) is 3.15. The van der Waals surface area contributed by atoms with Crippen molar-refractivity contribution in [2.45, 2.75) is 12.5 Å². The maximum absolute atomic E-state index is 12.2. The van der Waals surface area contributed by atoms with Crippen LogP contribution in [0.1, 0.15) is 29.8 Å². The maximum Gasteiger partial charge on any atom is 0.170 e. The smallest absolute Gasteiger partial charge is 0.170 e. The summed E-state index contributed by atoms with van der Waals surface area (Å²) in [5.41, 5.74) is 1.28. The molecule has 19 heavy (non-hydrogen) atoms. The lowest BCUT2D eigenvalue weighted by Gasteiger charge is -2.25. The highest BCUT2D eigenvalue weighted by Crippen LogP contribution is 2.34. The molecule has 96 valence electrons. The summed E-state index contributed by atoms with van der Waals surface area (Å²) < 4.78 is 19.0. The molecule has 0 radical (unpaired) electrons. The fourth-order valence-corrected chi connectivity index (χ4v) is 2.13. The van der Waals surface area contributed by atoms with Gasteiger partial charge in [0.15, 0.2) is 5.78 Å². The van der Waals surface area contributed by atoms with E-state index in [1.807, 2.05) is 18.2 Å². The van der Waals surface area contributed by atoms with Gasteiger partial charge >= 0.3 is 0 Å². The van der Waals surface area contributed by atoms with Crippen molar-refractivity contribution in [3.63, 3.8) is 0 Å². The van der Waals surface area contributed by atoms with Gasteiger partial charge in [-0.3, -0.25) is 4.79 Å². The van der Waals surface area contributed by atoms with Crippen LogP contribution in [0.15, 0.2) is 48.5 Å². The number of carbonyl (C=O) groups excluding carboxylic acids is 1. The second kappa shape index (κ2) is 4.76. The molecule has 0 aliphatic carbocycles. The van der Waals surface area contributed by atoms with Crippen LogP contribution in [0, 0.1) is 0 Å². The first-order valence-corrected chi connectivity index (χ1v) is 6.07. The van der Waals surface area contributed by atoms with Crippen molar-refractivity contribution in [2.24, 2.45) is 0 Å². The highest BCUT2D eigenvalue weighted by atomic mass is 16.5. The van der Waals surface area contributed by atoms with Gasteiger partial charge in [-0.05, 0) is 29.8 Å². The normalized spacial score (nSPS) is 22.2. The highest BCUT2D eigenvalue weighted by Gasteiger charge is 2.27. The first-order valence-electron chi connectivity index (χ1n) is 6.64. The largest absolute Gasteiger partial charge is 0.497 e. The molecule has 0 saturated carbocycles. The number of rotatable bonds is 2. The van der Waals surface area contributed by atoms with Crippen LogP contribution in [-0.2, 0) is 0 Å². The van der Waals surface area contributed by atoms with Crippen molar-refractivity contribution < 1.29 is 15.6 Å². The van der Waals surface area contributed by atoms with Crippen molar-refractivity contribution in [3.8, 4) is 11.5 Å². The molecule has 3 rings (SSSR count). The van der Waals surface area contributed by atoms with E-state index in [2.05, 4.69) is 0 Å². The summed E-state index contributed by atoms with van der Waals surface area (Å²) in [4.78, 5) is 12.2. The summed E-state index contributed by atoms with van der Waals surface area (Å²) in [6, 6.07) is 14.3. The number of para-hydroxylation sites is 1. The Morgan fingerprint density at radius 1 is 1.21 bits per heavy atom. The van der Waals surface area contributed by atoms with Gasteiger partial charge in [0.25, 0.3) is 0 Å². The molecule has 0 aromatic heterocycles. The molecule has 0 spiro atoms. The van der Waals surface area contributed by atoms with Crippen LogP contribution in [0.3, 0.4) is 0 Å². The lowest BCUT2D eigenvalue weighted by atomic mass is 9.96. The van der Waals surface area contributed by atoms with Gasteiger partial charge in [0.2, 0.25) is 0 Å². The van der Waals surface area contributed by atoms with Crippen LogP contribution >= 0.6 is 0 Å². The zero-order chi connectivity index (χ0) is 14.1. The van der Waals surface area contributed by atoms with E-state index in [0.717, 1.165) is 11.3 Å². The van der Waals surface area contributed by atoms with Crippen molar-refractivity contribution in [2.75, 3.05) is 7.11 Å². The van der Waals surface area contributed by atoms with Gasteiger partial charge in [-0.2, -0.15) is 0 Å². The van der Waals surface area contributed by atoms with Crippen molar-refractivity contribution in [1.29, 1.82) is 0 Å².